The van der Waals surface area contributed by atoms with Gasteiger partial charge in [-0.1, -0.05) is 0 Å². The molecule has 6 nitrogen and oxygen atoms in total. The summed E-state index contributed by atoms with van der Waals surface area (Å²) in [6, 6.07) is 2.13. The second-order valence-corrected chi connectivity index (χ2v) is 5.78. The summed E-state index contributed by atoms with van der Waals surface area (Å²) in [5.41, 5.74) is 2.06. The van der Waals surface area contributed by atoms with Crippen LogP contribution in [0.3, 0.4) is 0 Å². The van der Waals surface area contributed by atoms with Gasteiger partial charge in [-0.3, -0.25) is 9.59 Å². The Morgan fingerprint density at radius 1 is 1.43 bits per heavy atom. The van der Waals surface area contributed by atoms with Crippen molar-refractivity contribution >= 4 is 18.3 Å². The number of rotatable bonds is 4. The molecule has 0 bridgehead atoms. The molecule has 0 aromatic carbocycles. The van der Waals surface area contributed by atoms with E-state index < -0.39 is 0 Å². The van der Waals surface area contributed by atoms with Crippen molar-refractivity contribution in [1.29, 1.82) is 5.26 Å². The van der Waals surface area contributed by atoms with Crippen LogP contribution in [0.2, 0.25) is 0 Å². The van der Waals surface area contributed by atoms with Crippen LogP contribution < -0.4 is 16.2 Å². The predicted octanol–water partition coefficient (Wildman–Crippen LogP) is 1.09. The van der Waals surface area contributed by atoms with Gasteiger partial charge in [0.2, 0.25) is 5.91 Å². The maximum Gasteiger partial charge on any atom is 0.266 e. The number of nitrogens with zero attached hydrogens (tertiary/aromatic N) is 1. The van der Waals surface area contributed by atoms with E-state index in [4.69, 9.17) is 5.26 Å². The highest BCUT2D eigenvalue weighted by molar-refractivity contribution is 5.85. The quantitative estimate of drug-likeness (QED) is 0.765. The Hall–Kier alpha value is -1.84. The maximum absolute atomic E-state index is 12.1. The van der Waals surface area contributed by atoms with E-state index in [1.807, 2.05) is 6.07 Å². The predicted molar refractivity (Wildman–Crippen MR) is 90.9 cm³/mol. The number of nitrogens with one attached hydrogen (secondary N) is 3. The van der Waals surface area contributed by atoms with Crippen molar-refractivity contribution in [2.45, 2.75) is 45.6 Å². The molecule has 1 fully saturated rings. The molecule has 23 heavy (non-hydrogen) atoms. The highest BCUT2D eigenvalue weighted by Crippen LogP contribution is 2.15. The van der Waals surface area contributed by atoms with Crippen molar-refractivity contribution in [3.63, 3.8) is 0 Å². The number of aromatic nitrogens is 1. The number of nitriles is 1. The van der Waals surface area contributed by atoms with Gasteiger partial charge in [0.1, 0.15) is 11.6 Å². The molecule has 1 unspecified atom stereocenters. The zero-order chi connectivity index (χ0) is 16.1. The average Bonchev–Trinajstić information content (AvgIpc) is 2.48. The van der Waals surface area contributed by atoms with Crippen molar-refractivity contribution in [2.24, 2.45) is 0 Å². The molecule has 1 aliphatic heterocycles. The number of aromatic amines is 1. The molecule has 3 N–H and O–H groups in total. The van der Waals surface area contributed by atoms with Gasteiger partial charge in [0.15, 0.2) is 0 Å². The lowest BCUT2D eigenvalue weighted by Gasteiger charge is -2.23. The Labute approximate surface area is 142 Å². The van der Waals surface area contributed by atoms with Crippen molar-refractivity contribution in [2.75, 3.05) is 13.1 Å². The minimum absolute atomic E-state index is 0. The third-order valence-corrected chi connectivity index (χ3v) is 4.18. The summed E-state index contributed by atoms with van der Waals surface area (Å²) in [4.78, 5) is 26.4. The van der Waals surface area contributed by atoms with E-state index in [1.54, 1.807) is 13.8 Å². The van der Waals surface area contributed by atoms with Crippen LogP contribution in [0.4, 0.5) is 0 Å². The highest BCUT2D eigenvalue weighted by Gasteiger charge is 2.17. The van der Waals surface area contributed by atoms with Crippen LogP contribution in [0.5, 0.6) is 0 Å². The minimum Gasteiger partial charge on any atom is -0.352 e. The van der Waals surface area contributed by atoms with E-state index >= 15 is 0 Å². The van der Waals surface area contributed by atoms with Crippen LogP contribution >= 0.6 is 12.4 Å². The van der Waals surface area contributed by atoms with Gasteiger partial charge in [-0.2, -0.15) is 5.26 Å². The first-order chi connectivity index (χ1) is 10.5. The second-order valence-electron chi connectivity index (χ2n) is 5.78. The van der Waals surface area contributed by atoms with Crippen molar-refractivity contribution in [3.05, 3.63) is 32.7 Å². The highest BCUT2D eigenvalue weighted by atomic mass is 35.5. The smallest absolute Gasteiger partial charge is 0.266 e. The van der Waals surface area contributed by atoms with E-state index in [0.717, 1.165) is 37.2 Å². The van der Waals surface area contributed by atoms with Crippen molar-refractivity contribution in [3.8, 4) is 6.07 Å². The van der Waals surface area contributed by atoms with Gasteiger partial charge < -0.3 is 15.6 Å². The topological polar surface area (TPSA) is 97.8 Å². The summed E-state index contributed by atoms with van der Waals surface area (Å²) in [5, 5.41) is 15.3. The summed E-state index contributed by atoms with van der Waals surface area (Å²) in [7, 11) is 0. The molecular formula is C16H23ClN4O2. The Kier molecular flexibility index (Phi) is 7.27. The minimum atomic E-state index is -0.362. The van der Waals surface area contributed by atoms with Gasteiger partial charge in [0, 0.05) is 24.7 Å². The largest absolute Gasteiger partial charge is 0.352 e. The number of amides is 1. The summed E-state index contributed by atoms with van der Waals surface area (Å²) in [6.45, 7) is 5.40. The standard InChI is InChI=1S/C16H22N4O2.ClH/c1-10-13(11(2)19-16(22)14(10)8-17)5-6-15(21)20-12-4-3-7-18-9-12;/h12,18H,3-7,9H2,1-2H3,(H,19,22)(H,20,21);1H. The number of pyridine rings is 1. The maximum atomic E-state index is 12.1. The van der Waals surface area contributed by atoms with Gasteiger partial charge in [0.25, 0.3) is 5.56 Å². The van der Waals surface area contributed by atoms with E-state index in [0.29, 0.717) is 18.4 Å². The van der Waals surface area contributed by atoms with E-state index in [9.17, 15) is 9.59 Å². The fraction of sp³-hybridized carbons (Fsp3) is 0.562. The molecule has 1 aromatic rings. The third-order valence-electron chi connectivity index (χ3n) is 4.18. The molecule has 0 radical (unpaired) electrons. The Bertz CT molecular complexity index is 657. The first-order valence-electron chi connectivity index (χ1n) is 7.65. The van der Waals surface area contributed by atoms with Crippen molar-refractivity contribution in [1.82, 2.24) is 15.6 Å². The second kappa shape index (κ2) is 8.70. The lowest BCUT2D eigenvalue weighted by Crippen LogP contribution is -2.45. The van der Waals surface area contributed by atoms with Crippen LogP contribution in [-0.2, 0) is 11.2 Å². The first kappa shape index (κ1) is 19.2. The molecule has 1 atom stereocenters. The monoisotopic (exact) mass is 338 g/mol. The van der Waals surface area contributed by atoms with Gasteiger partial charge in [-0.15, -0.1) is 12.4 Å². The van der Waals surface area contributed by atoms with Crippen LogP contribution in [0, 0.1) is 25.2 Å². The molecule has 7 heteroatoms. The molecule has 1 aliphatic rings. The molecule has 2 heterocycles. The fourth-order valence-electron chi connectivity index (χ4n) is 2.93. The molecular weight excluding hydrogens is 316 g/mol. The average molecular weight is 339 g/mol. The molecule has 1 amide bonds. The fourth-order valence-corrected chi connectivity index (χ4v) is 2.93. The normalized spacial score (nSPS) is 17.0. The Morgan fingerprint density at radius 2 is 2.17 bits per heavy atom. The van der Waals surface area contributed by atoms with Crippen molar-refractivity contribution < 1.29 is 4.79 Å². The molecule has 2 rings (SSSR count). The van der Waals surface area contributed by atoms with E-state index in [2.05, 4.69) is 15.6 Å². The molecule has 126 valence electrons. The Morgan fingerprint density at radius 3 is 2.78 bits per heavy atom. The molecule has 1 aromatic heterocycles. The molecule has 0 spiro atoms. The van der Waals surface area contributed by atoms with E-state index in [1.165, 1.54) is 0 Å². The van der Waals surface area contributed by atoms with E-state index in [-0.39, 0.29) is 35.5 Å². The zero-order valence-corrected chi connectivity index (χ0v) is 14.3. The number of hydrogen-bond acceptors (Lipinski definition) is 4. The number of halogens is 1. The summed E-state index contributed by atoms with van der Waals surface area (Å²) in [5.74, 6) is 0.0113. The van der Waals surface area contributed by atoms with Crippen LogP contribution in [-0.4, -0.2) is 30.0 Å². The number of aryl methyl sites for hydroxylation is 1. The summed E-state index contributed by atoms with van der Waals surface area (Å²) in [6.07, 6.45) is 2.97. The van der Waals surface area contributed by atoms with Gasteiger partial charge in [-0.05, 0) is 50.8 Å². The number of carbonyl (C=O) groups is 1. The molecule has 0 aliphatic carbocycles. The van der Waals surface area contributed by atoms with Crippen LogP contribution in [0.15, 0.2) is 4.79 Å². The SMILES string of the molecule is Cc1[nH]c(=O)c(C#N)c(C)c1CCC(=O)NC1CCCNC1.Cl. The van der Waals surface area contributed by atoms with Crippen LogP contribution in [0.25, 0.3) is 0 Å². The molecule has 0 saturated carbocycles. The summed E-state index contributed by atoms with van der Waals surface area (Å²) >= 11 is 0. The molecule has 1 saturated heterocycles. The number of hydrogen-bond donors (Lipinski definition) is 3. The zero-order valence-electron chi connectivity index (χ0n) is 13.5. The lowest BCUT2D eigenvalue weighted by atomic mass is 9.98. The number of piperidine rings is 1. The number of H-pyrrole nitrogens is 1. The number of carbonyl (C=O) groups excluding carboxylic acids is 1. The third kappa shape index (κ3) is 4.81. The van der Waals surface area contributed by atoms with Gasteiger partial charge >= 0.3 is 0 Å². The van der Waals surface area contributed by atoms with Crippen LogP contribution in [0.1, 0.15) is 41.6 Å². The Balaban J connectivity index is 0.00000264. The van der Waals surface area contributed by atoms with Gasteiger partial charge in [0.05, 0.1) is 0 Å². The lowest BCUT2D eigenvalue weighted by molar-refractivity contribution is -0.121. The van der Waals surface area contributed by atoms with Gasteiger partial charge in [-0.25, -0.2) is 0 Å². The first-order valence-corrected chi connectivity index (χ1v) is 7.65. The summed E-state index contributed by atoms with van der Waals surface area (Å²) < 4.78 is 0.